The van der Waals surface area contributed by atoms with Crippen molar-refractivity contribution in [1.29, 1.82) is 0 Å². The number of nitrogens with one attached hydrogen (secondary N) is 1. The molecule has 0 aliphatic carbocycles. The summed E-state index contributed by atoms with van der Waals surface area (Å²) in [6.45, 7) is 4.10. The Labute approximate surface area is 129 Å². The van der Waals surface area contributed by atoms with Crippen molar-refractivity contribution in [3.8, 4) is 0 Å². The summed E-state index contributed by atoms with van der Waals surface area (Å²) in [4.78, 5) is 25.1. The molecule has 1 atom stereocenters. The number of thioether (sulfide) groups is 1. The Hall–Kier alpha value is -1.69. The van der Waals surface area contributed by atoms with Crippen molar-refractivity contribution in [2.45, 2.75) is 31.2 Å². The molecular weight excluding hydrogens is 288 g/mol. The van der Waals surface area contributed by atoms with E-state index in [1.807, 2.05) is 0 Å². The summed E-state index contributed by atoms with van der Waals surface area (Å²) in [5, 5.41) is 11.2. The molecule has 0 aromatic heterocycles. The summed E-state index contributed by atoms with van der Waals surface area (Å²) in [5.41, 5.74) is 1.24. The highest BCUT2D eigenvalue weighted by atomic mass is 32.2. The fourth-order valence-corrected chi connectivity index (χ4v) is 2.42. The Balaban J connectivity index is 2.23. The minimum Gasteiger partial charge on any atom is -0.480 e. The normalized spacial score (nSPS) is 11.8. The summed E-state index contributed by atoms with van der Waals surface area (Å²) in [6, 6.07) is 7.10. The molecule has 116 valence electrons. The number of hydrogen-bond donors (Lipinski definition) is 2. The van der Waals surface area contributed by atoms with Gasteiger partial charge in [0.05, 0.1) is 0 Å². The highest BCUT2D eigenvalue weighted by Crippen LogP contribution is 2.18. The monoisotopic (exact) mass is 310 g/mol. The lowest BCUT2D eigenvalue weighted by Crippen LogP contribution is -2.45. The second-order valence-electron chi connectivity index (χ2n) is 4.95. The van der Waals surface area contributed by atoms with Crippen molar-refractivity contribution in [1.82, 2.24) is 10.2 Å². The maximum Gasteiger partial charge on any atom is 0.325 e. The summed E-state index contributed by atoms with van der Waals surface area (Å²) < 4.78 is 0. The van der Waals surface area contributed by atoms with Gasteiger partial charge in [0.1, 0.15) is 6.04 Å². The quantitative estimate of drug-likeness (QED) is 0.600. The molecule has 21 heavy (non-hydrogen) atoms. The number of urea groups is 1. The van der Waals surface area contributed by atoms with E-state index in [1.165, 1.54) is 22.3 Å². The van der Waals surface area contributed by atoms with Gasteiger partial charge in [-0.3, -0.25) is 4.79 Å². The van der Waals surface area contributed by atoms with E-state index < -0.39 is 12.0 Å². The van der Waals surface area contributed by atoms with E-state index in [1.54, 1.807) is 18.8 Å². The van der Waals surface area contributed by atoms with Crippen LogP contribution in [0.3, 0.4) is 0 Å². The molecule has 5 nitrogen and oxygen atoms in total. The molecule has 0 heterocycles. The number of carboxylic acid groups (broad SMARTS) is 1. The maximum absolute atomic E-state index is 11.7. The van der Waals surface area contributed by atoms with Gasteiger partial charge in [0, 0.05) is 18.5 Å². The van der Waals surface area contributed by atoms with Crippen LogP contribution in [0.25, 0.3) is 0 Å². The largest absolute Gasteiger partial charge is 0.480 e. The Morgan fingerprint density at radius 1 is 1.33 bits per heavy atom. The van der Waals surface area contributed by atoms with Crippen molar-refractivity contribution in [3.05, 3.63) is 29.8 Å². The molecule has 0 fully saturated rings. The third kappa shape index (κ3) is 6.53. The number of aliphatic carboxylic acids is 1. The van der Waals surface area contributed by atoms with E-state index in [0.717, 1.165) is 12.2 Å². The van der Waals surface area contributed by atoms with Crippen LogP contribution in [0, 0.1) is 6.92 Å². The fourth-order valence-electron chi connectivity index (χ4n) is 1.58. The van der Waals surface area contributed by atoms with E-state index in [-0.39, 0.29) is 6.03 Å². The number of nitrogens with zero attached hydrogens (tertiary/aromatic N) is 1. The van der Waals surface area contributed by atoms with Crippen LogP contribution in [0.5, 0.6) is 0 Å². The minimum atomic E-state index is -1.04. The molecule has 0 aliphatic rings. The van der Waals surface area contributed by atoms with Crippen molar-refractivity contribution < 1.29 is 14.7 Å². The number of aryl methyl sites for hydroxylation is 1. The van der Waals surface area contributed by atoms with Gasteiger partial charge >= 0.3 is 12.0 Å². The van der Waals surface area contributed by atoms with Crippen LogP contribution in [-0.4, -0.2) is 47.4 Å². The first-order valence-corrected chi connectivity index (χ1v) is 7.82. The van der Waals surface area contributed by atoms with Gasteiger partial charge in [0.2, 0.25) is 0 Å². The molecule has 0 radical (unpaired) electrons. The first-order valence-electron chi connectivity index (χ1n) is 6.84. The molecular formula is C15H22N2O3S. The number of carboxylic acids is 1. The van der Waals surface area contributed by atoms with E-state index in [0.29, 0.717) is 6.54 Å². The second-order valence-corrected chi connectivity index (χ2v) is 6.11. The molecule has 0 saturated carbocycles. The molecule has 1 aromatic rings. The second kappa shape index (κ2) is 8.56. The van der Waals surface area contributed by atoms with Crippen LogP contribution in [0.15, 0.2) is 29.2 Å². The van der Waals surface area contributed by atoms with Gasteiger partial charge in [0.15, 0.2) is 0 Å². The SMILES string of the molecule is Cc1ccc(SCCCN(C)C(=O)NC(C)C(=O)O)cc1. The van der Waals surface area contributed by atoms with Crippen LogP contribution >= 0.6 is 11.8 Å². The number of rotatable bonds is 7. The molecule has 1 rings (SSSR count). The lowest BCUT2D eigenvalue weighted by Gasteiger charge is -2.19. The van der Waals surface area contributed by atoms with E-state index >= 15 is 0 Å². The lowest BCUT2D eigenvalue weighted by atomic mass is 10.2. The highest BCUT2D eigenvalue weighted by Gasteiger charge is 2.16. The Morgan fingerprint density at radius 3 is 2.52 bits per heavy atom. The Morgan fingerprint density at radius 2 is 1.95 bits per heavy atom. The van der Waals surface area contributed by atoms with Gasteiger partial charge in [-0.25, -0.2) is 4.79 Å². The van der Waals surface area contributed by atoms with Crippen LogP contribution in [0.4, 0.5) is 4.79 Å². The van der Waals surface area contributed by atoms with Gasteiger partial charge in [-0.05, 0) is 38.2 Å². The van der Waals surface area contributed by atoms with Crippen LogP contribution in [0.2, 0.25) is 0 Å². The predicted octanol–water partition coefficient (Wildman–Crippen LogP) is 2.59. The zero-order chi connectivity index (χ0) is 15.8. The summed E-state index contributed by atoms with van der Waals surface area (Å²) in [6.07, 6.45) is 0.851. The zero-order valence-electron chi connectivity index (χ0n) is 12.6. The van der Waals surface area contributed by atoms with Gasteiger partial charge in [0.25, 0.3) is 0 Å². The van der Waals surface area contributed by atoms with E-state index in [9.17, 15) is 9.59 Å². The summed E-state index contributed by atoms with van der Waals surface area (Å²) >= 11 is 1.75. The zero-order valence-corrected chi connectivity index (χ0v) is 13.4. The van der Waals surface area contributed by atoms with Gasteiger partial charge in [-0.15, -0.1) is 11.8 Å². The highest BCUT2D eigenvalue weighted by molar-refractivity contribution is 7.99. The van der Waals surface area contributed by atoms with Crippen molar-refractivity contribution in [2.75, 3.05) is 19.3 Å². The van der Waals surface area contributed by atoms with Gasteiger partial charge in [-0.1, -0.05) is 17.7 Å². The van der Waals surface area contributed by atoms with Crippen LogP contribution in [0.1, 0.15) is 18.9 Å². The molecule has 0 aliphatic heterocycles. The Bertz CT molecular complexity index is 476. The van der Waals surface area contributed by atoms with Gasteiger partial charge < -0.3 is 15.3 Å². The number of hydrogen-bond acceptors (Lipinski definition) is 3. The average molecular weight is 310 g/mol. The number of carbonyl (C=O) groups excluding carboxylic acids is 1. The topological polar surface area (TPSA) is 69.6 Å². The first-order chi connectivity index (χ1) is 9.90. The maximum atomic E-state index is 11.7. The lowest BCUT2D eigenvalue weighted by molar-refractivity contribution is -0.138. The average Bonchev–Trinajstić information content (AvgIpc) is 2.44. The van der Waals surface area contributed by atoms with Crippen molar-refractivity contribution in [3.63, 3.8) is 0 Å². The summed E-state index contributed by atoms with van der Waals surface area (Å²) in [5.74, 6) is -0.124. The molecule has 0 saturated heterocycles. The first kappa shape index (κ1) is 17.4. The van der Waals surface area contributed by atoms with Crippen LogP contribution in [-0.2, 0) is 4.79 Å². The minimum absolute atomic E-state index is 0.356. The number of benzene rings is 1. The molecule has 2 amide bonds. The summed E-state index contributed by atoms with van der Waals surface area (Å²) in [7, 11) is 1.67. The third-order valence-corrected chi connectivity index (χ3v) is 4.08. The number of carbonyl (C=O) groups is 2. The smallest absolute Gasteiger partial charge is 0.325 e. The van der Waals surface area contributed by atoms with Gasteiger partial charge in [-0.2, -0.15) is 0 Å². The molecule has 6 heteroatoms. The van der Waals surface area contributed by atoms with Crippen LogP contribution < -0.4 is 5.32 Å². The van der Waals surface area contributed by atoms with E-state index in [2.05, 4.69) is 36.5 Å². The standard InChI is InChI=1S/C15H22N2O3S/c1-11-5-7-13(8-6-11)21-10-4-9-17(3)15(20)16-12(2)14(18)19/h5-8,12H,4,9-10H2,1-3H3,(H,16,20)(H,18,19). The van der Waals surface area contributed by atoms with Crippen molar-refractivity contribution in [2.24, 2.45) is 0 Å². The molecule has 1 unspecified atom stereocenters. The molecule has 2 N–H and O–H groups in total. The third-order valence-electron chi connectivity index (χ3n) is 2.98. The Kier molecular flexibility index (Phi) is 7.08. The van der Waals surface area contributed by atoms with Crippen molar-refractivity contribution >= 4 is 23.8 Å². The number of amides is 2. The van der Waals surface area contributed by atoms with E-state index in [4.69, 9.17) is 5.11 Å². The predicted molar refractivity (Wildman–Crippen MR) is 84.8 cm³/mol. The molecule has 0 bridgehead atoms. The molecule has 1 aromatic carbocycles. The fraction of sp³-hybridized carbons (Fsp3) is 0.467. The molecule has 0 spiro atoms.